The Labute approximate surface area is 185 Å². The predicted octanol–water partition coefficient (Wildman–Crippen LogP) is 0.583. The number of rotatable bonds is 6. The summed E-state index contributed by atoms with van der Waals surface area (Å²) in [6.07, 6.45) is 2.52. The standard InChI is InChI=1S/C17H19N5O5S3/c18-17-19-9(6-30-17)10(21-26)13(23)20-11-14(24)22-12(16(25)28)7(5-29-15(11)22)4-8-2-1-3-27-8/h6,8,11,15,26H,1-5H2,(H2,18,19)(H,20,23)(H,25,28)/b21-10-/t8?,11?,15-/m1/s1. The second-order valence-electron chi connectivity index (χ2n) is 6.98. The van der Waals surface area contributed by atoms with Gasteiger partial charge in [-0.3, -0.25) is 19.3 Å². The molecule has 4 rings (SSSR count). The lowest BCUT2D eigenvalue weighted by Crippen LogP contribution is -2.70. The van der Waals surface area contributed by atoms with Crippen LogP contribution in [0, 0.1) is 0 Å². The Kier molecular flexibility index (Phi) is 6.04. The van der Waals surface area contributed by atoms with Gasteiger partial charge in [0.2, 0.25) is 5.12 Å². The predicted molar refractivity (Wildman–Crippen MR) is 114 cm³/mol. The van der Waals surface area contributed by atoms with Crippen LogP contribution in [0.4, 0.5) is 5.13 Å². The number of thioether (sulfide) groups is 1. The molecule has 1 aromatic heterocycles. The second-order valence-corrected chi connectivity index (χ2v) is 9.38. The first-order valence-corrected chi connectivity index (χ1v) is 11.5. The minimum absolute atomic E-state index is 0.0422. The quantitative estimate of drug-likeness (QED) is 0.156. The van der Waals surface area contributed by atoms with Crippen molar-refractivity contribution in [3.8, 4) is 0 Å². The zero-order valence-electron chi connectivity index (χ0n) is 15.6. The highest BCUT2D eigenvalue weighted by Gasteiger charge is 2.54. The van der Waals surface area contributed by atoms with Crippen molar-refractivity contribution in [1.29, 1.82) is 0 Å². The number of nitrogens with zero attached hydrogens (tertiary/aromatic N) is 3. The van der Waals surface area contributed by atoms with Gasteiger partial charge in [-0.15, -0.1) is 23.1 Å². The van der Waals surface area contributed by atoms with Gasteiger partial charge in [0.25, 0.3) is 11.8 Å². The molecular formula is C17H19N5O5S3. The maximum Gasteiger partial charge on any atom is 0.276 e. The third kappa shape index (κ3) is 3.82. The number of ether oxygens (including phenoxy) is 1. The zero-order chi connectivity index (χ0) is 21.4. The summed E-state index contributed by atoms with van der Waals surface area (Å²) in [5.74, 6) is -0.640. The molecule has 13 heteroatoms. The molecule has 0 saturated carbocycles. The van der Waals surface area contributed by atoms with Crippen molar-refractivity contribution >= 4 is 63.5 Å². The molecule has 0 radical (unpaired) electrons. The first-order chi connectivity index (χ1) is 14.4. The lowest BCUT2D eigenvalue weighted by molar-refractivity contribution is -0.146. The van der Waals surface area contributed by atoms with E-state index in [2.05, 4.69) is 28.1 Å². The van der Waals surface area contributed by atoms with Crippen molar-refractivity contribution in [1.82, 2.24) is 15.2 Å². The molecule has 1 aromatic rings. The van der Waals surface area contributed by atoms with Gasteiger partial charge in [0.05, 0.1) is 11.8 Å². The van der Waals surface area contributed by atoms with Crippen LogP contribution in [0.2, 0.25) is 0 Å². The van der Waals surface area contributed by atoms with E-state index in [9.17, 15) is 19.6 Å². The molecule has 30 heavy (non-hydrogen) atoms. The minimum Gasteiger partial charge on any atom is -0.410 e. The Morgan fingerprint density at radius 2 is 2.30 bits per heavy atom. The van der Waals surface area contributed by atoms with Crippen molar-refractivity contribution in [2.45, 2.75) is 36.8 Å². The zero-order valence-corrected chi connectivity index (χ0v) is 18.1. The van der Waals surface area contributed by atoms with E-state index in [4.69, 9.17) is 10.5 Å². The number of anilines is 1. The fourth-order valence-electron chi connectivity index (χ4n) is 3.74. The van der Waals surface area contributed by atoms with Crippen LogP contribution in [0.5, 0.6) is 0 Å². The van der Waals surface area contributed by atoms with Crippen molar-refractivity contribution in [3.05, 3.63) is 22.3 Å². The largest absolute Gasteiger partial charge is 0.410 e. The number of hydrogen-bond acceptors (Lipinski definition) is 10. The number of carbonyl (C=O) groups is 3. The van der Waals surface area contributed by atoms with Crippen LogP contribution in [-0.2, 0) is 19.1 Å². The third-order valence-corrected chi connectivity index (χ3v) is 7.34. The van der Waals surface area contributed by atoms with Crippen LogP contribution in [0.1, 0.15) is 25.0 Å². The highest BCUT2D eigenvalue weighted by atomic mass is 32.2. The molecule has 10 nitrogen and oxygen atoms in total. The van der Waals surface area contributed by atoms with Crippen LogP contribution in [0.25, 0.3) is 0 Å². The fraction of sp³-hybridized carbons (Fsp3) is 0.471. The first kappa shape index (κ1) is 21.2. The number of nitrogens with two attached hydrogens (primary N) is 1. The molecule has 4 N–H and O–H groups in total. The topological polar surface area (TPSA) is 147 Å². The molecule has 4 heterocycles. The number of nitrogens with one attached hydrogen (secondary N) is 1. The number of thiazole rings is 1. The number of aromatic nitrogens is 1. The molecule has 2 unspecified atom stereocenters. The number of β-lactam (4-membered cyclic amide) rings is 1. The van der Waals surface area contributed by atoms with Gasteiger partial charge in [0.15, 0.2) is 10.8 Å². The van der Waals surface area contributed by atoms with Gasteiger partial charge in [-0.1, -0.05) is 17.8 Å². The lowest BCUT2D eigenvalue weighted by Gasteiger charge is -2.50. The molecular weight excluding hydrogens is 450 g/mol. The Hall–Kier alpha value is -2.09. The van der Waals surface area contributed by atoms with Crippen LogP contribution in [0.3, 0.4) is 0 Å². The van der Waals surface area contributed by atoms with E-state index in [1.807, 2.05) is 0 Å². The Bertz CT molecular complexity index is 955. The molecule has 0 aromatic carbocycles. The monoisotopic (exact) mass is 469 g/mol. The normalized spacial score (nSPS) is 26.4. The molecule has 2 saturated heterocycles. The van der Waals surface area contributed by atoms with Crippen molar-refractivity contribution in [2.24, 2.45) is 5.16 Å². The Morgan fingerprint density at radius 1 is 1.50 bits per heavy atom. The maximum absolute atomic E-state index is 12.8. The smallest absolute Gasteiger partial charge is 0.276 e. The average molecular weight is 470 g/mol. The molecule has 160 valence electrons. The summed E-state index contributed by atoms with van der Waals surface area (Å²) < 4.78 is 5.66. The summed E-state index contributed by atoms with van der Waals surface area (Å²) in [6.45, 7) is 0.702. The summed E-state index contributed by atoms with van der Waals surface area (Å²) in [5, 5.41) is 15.6. The number of hydrogen-bond donors (Lipinski definition) is 4. The molecule has 0 bridgehead atoms. The number of nitrogen functional groups attached to an aromatic ring is 1. The van der Waals surface area contributed by atoms with Crippen molar-refractivity contribution < 1.29 is 24.3 Å². The number of thiol groups is 1. The fourth-order valence-corrected chi connectivity index (χ4v) is 5.91. The van der Waals surface area contributed by atoms with Crippen LogP contribution in [0.15, 0.2) is 21.8 Å². The summed E-state index contributed by atoms with van der Waals surface area (Å²) in [5.41, 5.74) is 6.44. The molecule has 3 aliphatic heterocycles. The Balaban J connectivity index is 1.49. The number of carbonyl (C=O) groups excluding carboxylic acids is 3. The van der Waals surface area contributed by atoms with Gasteiger partial charge in [-0.2, -0.15) is 0 Å². The van der Waals surface area contributed by atoms with E-state index in [-0.39, 0.29) is 28.3 Å². The maximum atomic E-state index is 12.8. The Morgan fingerprint density at radius 3 is 2.90 bits per heavy atom. The van der Waals surface area contributed by atoms with Gasteiger partial charge in [0, 0.05) is 17.7 Å². The van der Waals surface area contributed by atoms with Gasteiger partial charge in [-0.05, 0) is 24.8 Å². The number of fused-ring (bicyclic) bond motifs is 1. The summed E-state index contributed by atoms with van der Waals surface area (Å²) in [4.78, 5) is 42.8. The van der Waals surface area contributed by atoms with E-state index in [1.165, 1.54) is 22.0 Å². The highest BCUT2D eigenvalue weighted by molar-refractivity contribution is 8.00. The third-order valence-electron chi connectivity index (χ3n) is 5.11. The van der Waals surface area contributed by atoms with Crippen molar-refractivity contribution in [3.63, 3.8) is 0 Å². The average Bonchev–Trinajstić information content (AvgIpc) is 3.38. The highest BCUT2D eigenvalue weighted by Crippen LogP contribution is 2.42. The molecule has 0 aliphatic carbocycles. The first-order valence-electron chi connectivity index (χ1n) is 9.16. The molecule has 2 fully saturated rings. The molecule has 0 spiro atoms. The molecule has 2 amide bonds. The van der Waals surface area contributed by atoms with Gasteiger partial charge in [-0.25, -0.2) is 4.98 Å². The van der Waals surface area contributed by atoms with E-state index >= 15 is 0 Å². The molecule has 3 aliphatic rings. The lowest BCUT2D eigenvalue weighted by atomic mass is 9.99. The molecule has 3 atom stereocenters. The SMILES string of the molecule is Nc1nc(/C(=N/O)C(=O)NC2C(=O)N3C(C(=O)S)=C(CC4CCCO4)CS[C@H]23)cs1. The minimum atomic E-state index is -0.859. The number of amides is 2. The summed E-state index contributed by atoms with van der Waals surface area (Å²) >= 11 is 6.52. The van der Waals surface area contributed by atoms with Crippen LogP contribution < -0.4 is 11.1 Å². The van der Waals surface area contributed by atoms with Gasteiger partial charge in [0.1, 0.15) is 17.1 Å². The summed E-state index contributed by atoms with van der Waals surface area (Å²) in [6, 6.07) is -0.859. The van der Waals surface area contributed by atoms with Crippen LogP contribution in [-0.4, -0.2) is 67.6 Å². The van der Waals surface area contributed by atoms with Gasteiger partial charge < -0.3 is 21.0 Å². The number of oxime groups is 1. The van der Waals surface area contributed by atoms with Crippen molar-refractivity contribution in [2.75, 3.05) is 18.1 Å². The van der Waals surface area contributed by atoms with E-state index < -0.39 is 28.3 Å². The van der Waals surface area contributed by atoms with Crippen LogP contribution >= 0.6 is 35.7 Å². The van der Waals surface area contributed by atoms with E-state index in [0.29, 0.717) is 18.8 Å². The van der Waals surface area contributed by atoms with E-state index in [0.717, 1.165) is 29.8 Å². The van der Waals surface area contributed by atoms with E-state index in [1.54, 1.807) is 0 Å². The summed E-state index contributed by atoms with van der Waals surface area (Å²) in [7, 11) is 0. The van der Waals surface area contributed by atoms with Gasteiger partial charge >= 0.3 is 0 Å². The second kappa shape index (κ2) is 8.57.